The Kier molecular flexibility index (Phi) is 5.75. The van der Waals surface area contributed by atoms with E-state index < -0.39 is 6.23 Å². The van der Waals surface area contributed by atoms with Crippen molar-refractivity contribution in [2.45, 2.75) is 18.3 Å². The van der Waals surface area contributed by atoms with Crippen LogP contribution >= 0.6 is 43.6 Å². The minimum Gasteiger partial charge on any atom is -0.494 e. The molecule has 28 heavy (non-hydrogen) atoms. The highest BCUT2D eigenvalue weighted by molar-refractivity contribution is 9.10. The number of ether oxygens (including phenoxy) is 2. The second kappa shape index (κ2) is 8.26. The fourth-order valence-corrected chi connectivity index (χ4v) is 3.99. The summed E-state index contributed by atoms with van der Waals surface area (Å²) < 4.78 is 13.8. The third kappa shape index (κ3) is 3.83. The van der Waals surface area contributed by atoms with Gasteiger partial charge < -0.3 is 14.8 Å². The summed E-state index contributed by atoms with van der Waals surface area (Å²) in [6.07, 6.45) is 1.42. The van der Waals surface area contributed by atoms with E-state index in [4.69, 9.17) is 9.47 Å². The van der Waals surface area contributed by atoms with Crippen LogP contribution in [0.25, 0.3) is 11.3 Å². The van der Waals surface area contributed by atoms with Crippen LogP contribution < -0.4 is 14.8 Å². The molecule has 2 aromatic carbocycles. The van der Waals surface area contributed by atoms with Gasteiger partial charge in [-0.05, 0) is 49.6 Å². The van der Waals surface area contributed by atoms with Gasteiger partial charge in [-0.3, -0.25) is 0 Å². The Bertz CT molecular complexity index is 1030. The second-order valence-electron chi connectivity index (χ2n) is 5.90. The number of nitrogens with zero attached hydrogens (tertiary/aromatic N) is 3. The van der Waals surface area contributed by atoms with Gasteiger partial charge in [0.25, 0.3) is 0 Å². The van der Waals surface area contributed by atoms with Crippen molar-refractivity contribution in [1.82, 2.24) is 15.2 Å². The fourth-order valence-electron chi connectivity index (χ4n) is 2.88. The first-order valence-corrected chi connectivity index (χ1v) is 11.3. The van der Waals surface area contributed by atoms with E-state index in [0.717, 1.165) is 31.5 Å². The number of nitrogens with one attached hydrogen (secondary N) is 1. The van der Waals surface area contributed by atoms with Gasteiger partial charge >= 0.3 is 0 Å². The maximum atomic E-state index is 6.28. The molecule has 4 rings (SSSR count). The molecule has 0 amide bonds. The molecule has 0 aliphatic carbocycles. The number of hydrogen-bond acceptors (Lipinski definition) is 7. The first kappa shape index (κ1) is 19.5. The standard InChI is InChI=1S/C19H16Br2N4O2S/c1-3-26-11-5-6-14(21)12(9-11)17-22-15-7-4-10(20)8-13(15)16-18(27-17)23-19(28-2)25-24-16/h4-9,17,22H,3H2,1-2H3/t17-/m0/s1. The molecular formula is C19H16Br2N4O2S. The zero-order valence-corrected chi connectivity index (χ0v) is 19.1. The number of rotatable bonds is 4. The Balaban J connectivity index is 1.86. The van der Waals surface area contributed by atoms with Crippen molar-refractivity contribution in [1.29, 1.82) is 0 Å². The summed E-state index contributed by atoms with van der Waals surface area (Å²) in [7, 11) is 0. The zero-order chi connectivity index (χ0) is 19.7. The molecule has 1 N–H and O–H groups in total. The summed E-state index contributed by atoms with van der Waals surface area (Å²) >= 11 is 8.57. The predicted octanol–water partition coefficient (Wildman–Crippen LogP) is 5.69. The van der Waals surface area contributed by atoms with E-state index in [-0.39, 0.29) is 0 Å². The molecule has 3 aromatic rings. The van der Waals surface area contributed by atoms with Crippen LogP contribution in [0.5, 0.6) is 11.6 Å². The number of aromatic nitrogens is 3. The molecule has 1 atom stereocenters. The molecule has 0 radical (unpaired) electrons. The van der Waals surface area contributed by atoms with E-state index in [2.05, 4.69) is 52.4 Å². The summed E-state index contributed by atoms with van der Waals surface area (Å²) in [5.41, 5.74) is 3.25. The molecule has 9 heteroatoms. The van der Waals surface area contributed by atoms with Gasteiger partial charge in [-0.1, -0.05) is 43.6 Å². The van der Waals surface area contributed by atoms with Crippen molar-refractivity contribution in [3.05, 3.63) is 50.9 Å². The molecule has 1 aliphatic rings. The SMILES string of the molecule is CCOc1ccc(Br)c([C@H]2Nc3ccc(Br)cc3-c3nnc(SC)nc3O2)c1. The van der Waals surface area contributed by atoms with Crippen LogP contribution in [0.3, 0.4) is 0 Å². The average molecular weight is 524 g/mol. The number of thioether (sulfide) groups is 1. The van der Waals surface area contributed by atoms with E-state index in [1.807, 2.05) is 49.6 Å². The van der Waals surface area contributed by atoms with Crippen LogP contribution in [0.2, 0.25) is 0 Å². The highest BCUT2D eigenvalue weighted by Gasteiger charge is 2.27. The van der Waals surface area contributed by atoms with Gasteiger partial charge in [-0.2, -0.15) is 4.98 Å². The van der Waals surface area contributed by atoms with E-state index in [9.17, 15) is 0 Å². The molecule has 0 bridgehead atoms. The normalized spacial score (nSPS) is 14.9. The third-order valence-corrected chi connectivity index (χ3v) is 5.89. The summed E-state index contributed by atoms with van der Waals surface area (Å²) in [4.78, 5) is 4.55. The van der Waals surface area contributed by atoms with Crippen molar-refractivity contribution in [3.8, 4) is 22.9 Å². The van der Waals surface area contributed by atoms with Crippen LogP contribution in [0.4, 0.5) is 5.69 Å². The number of fused-ring (bicyclic) bond motifs is 3. The molecular weight excluding hydrogens is 508 g/mol. The average Bonchev–Trinajstić information content (AvgIpc) is 2.85. The third-order valence-electron chi connectivity index (χ3n) is 4.13. The Labute approximate surface area is 183 Å². The molecule has 0 fully saturated rings. The maximum Gasteiger partial charge on any atom is 0.247 e. The van der Waals surface area contributed by atoms with Crippen molar-refractivity contribution in [3.63, 3.8) is 0 Å². The minimum absolute atomic E-state index is 0.433. The van der Waals surface area contributed by atoms with Crippen molar-refractivity contribution < 1.29 is 9.47 Å². The fraction of sp³-hybridized carbons (Fsp3) is 0.211. The van der Waals surface area contributed by atoms with Gasteiger partial charge in [0.2, 0.25) is 11.0 Å². The molecule has 144 valence electrons. The number of anilines is 1. The van der Waals surface area contributed by atoms with Gasteiger partial charge in [-0.25, -0.2) is 0 Å². The van der Waals surface area contributed by atoms with Crippen LogP contribution in [0, 0.1) is 0 Å². The first-order valence-electron chi connectivity index (χ1n) is 8.53. The van der Waals surface area contributed by atoms with Crippen LogP contribution in [0.15, 0.2) is 50.5 Å². The summed E-state index contributed by atoms with van der Waals surface area (Å²) in [6.45, 7) is 2.55. The van der Waals surface area contributed by atoms with E-state index >= 15 is 0 Å². The molecule has 0 unspecified atom stereocenters. The topological polar surface area (TPSA) is 69.2 Å². The Morgan fingerprint density at radius 3 is 2.82 bits per heavy atom. The molecule has 2 heterocycles. The maximum absolute atomic E-state index is 6.28. The smallest absolute Gasteiger partial charge is 0.247 e. The lowest BCUT2D eigenvalue weighted by Gasteiger charge is -2.21. The molecule has 1 aromatic heterocycles. The highest BCUT2D eigenvalue weighted by Crippen LogP contribution is 2.42. The summed E-state index contributed by atoms with van der Waals surface area (Å²) in [6, 6.07) is 11.8. The van der Waals surface area contributed by atoms with Gasteiger partial charge in [0.1, 0.15) is 5.75 Å². The quantitative estimate of drug-likeness (QED) is 0.440. The van der Waals surface area contributed by atoms with E-state index in [0.29, 0.717) is 23.3 Å². The van der Waals surface area contributed by atoms with Gasteiger partial charge in [-0.15, -0.1) is 10.2 Å². The lowest BCUT2D eigenvalue weighted by Crippen LogP contribution is -2.18. The summed E-state index contributed by atoms with van der Waals surface area (Å²) in [5, 5.41) is 12.6. The second-order valence-corrected chi connectivity index (χ2v) is 8.44. The molecule has 1 aliphatic heterocycles. The lowest BCUT2D eigenvalue weighted by atomic mass is 10.1. The van der Waals surface area contributed by atoms with E-state index in [1.54, 1.807) is 0 Å². The highest BCUT2D eigenvalue weighted by atomic mass is 79.9. The lowest BCUT2D eigenvalue weighted by molar-refractivity contribution is 0.223. The van der Waals surface area contributed by atoms with Gasteiger partial charge in [0.05, 0.1) is 6.61 Å². The van der Waals surface area contributed by atoms with Gasteiger partial charge in [0, 0.05) is 25.8 Å². The Morgan fingerprint density at radius 1 is 1.18 bits per heavy atom. The van der Waals surface area contributed by atoms with Crippen LogP contribution in [-0.2, 0) is 0 Å². The number of halogens is 2. The van der Waals surface area contributed by atoms with Crippen molar-refractivity contribution >= 4 is 49.3 Å². The number of benzene rings is 2. The molecule has 0 spiro atoms. The van der Waals surface area contributed by atoms with Crippen LogP contribution in [0.1, 0.15) is 18.7 Å². The Morgan fingerprint density at radius 2 is 2.04 bits per heavy atom. The largest absolute Gasteiger partial charge is 0.494 e. The minimum atomic E-state index is -0.484. The van der Waals surface area contributed by atoms with E-state index in [1.165, 1.54) is 11.8 Å². The zero-order valence-electron chi connectivity index (χ0n) is 15.1. The predicted molar refractivity (Wildman–Crippen MR) is 117 cm³/mol. The van der Waals surface area contributed by atoms with Gasteiger partial charge in [0.15, 0.2) is 11.9 Å². The molecule has 0 saturated carbocycles. The van der Waals surface area contributed by atoms with Crippen LogP contribution in [-0.4, -0.2) is 28.0 Å². The summed E-state index contributed by atoms with van der Waals surface area (Å²) in [5.74, 6) is 1.21. The van der Waals surface area contributed by atoms with Crippen molar-refractivity contribution in [2.24, 2.45) is 0 Å². The molecule has 6 nitrogen and oxygen atoms in total. The first-order chi connectivity index (χ1) is 13.6. The molecule has 0 saturated heterocycles. The number of hydrogen-bond donors (Lipinski definition) is 1. The Hall–Kier alpha value is -1.84. The monoisotopic (exact) mass is 522 g/mol. The van der Waals surface area contributed by atoms with Crippen molar-refractivity contribution in [2.75, 3.05) is 18.2 Å².